The Balaban J connectivity index is 2.85. The third-order valence-electron chi connectivity index (χ3n) is 2.67. The number of benzene rings is 1. The van der Waals surface area contributed by atoms with E-state index in [-0.39, 0.29) is 6.54 Å². The number of amides is 1. The van der Waals surface area contributed by atoms with Crippen LogP contribution in [0.25, 0.3) is 0 Å². The van der Waals surface area contributed by atoms with Gasteiger partial charge in [0.25, 0.3) is 5.91 Å². The van der Waals surface area contributed by atoms with Crippen molar-refractivity contribution in [1.29, 1.82) is 0 Å². The maximum atomic E-state index is 12.1. The molecule has 0 saturated heterocycles. The minimum Gasteiger partial charge on any atom is -0.478 e. The van der Waals surface area contributed by atoms with E-state index in [9.17, 15) is 19.2 Å². The first kappa shape index (κ1) is 18.1. The molecule has 0 aliphatic rings. The van der Waals surface area contributed by atoms with Gasteiger partial charge in [-0.25, -0.2) is 4.79 Å². The lowest BCUT2D eigenvalue weighted by atomic mass is 10.1. The quantitative estimate of drug-likeness (QED) is 0.690. The predicted octanol–water partition coefficient (Wildman–Crippen LogP) is 0.251. The molecule has 8 nitrogen and oxygen atoms in total. The van der Waals surface area contributed by atoms with Crippen molar-refractivity contribution in [2.75, 3.05) is 0 Å². The van der Waals surface area contributed by atoms with Gasteiger partial charge < -0.3 is 19.9 Å². The first-order valence-electron chi connectivity index (χ1n) is 6.70. The monoisotopic (exact) mass is 323 g/mol. The molecule has 0 radical (unpaired) electrons. The summed E-state index contributed by atoms with van der Waals surface area (Å²) in [6.45, 7) is 2.11. The summed E-state index contributed by atoms with van der Waals surface area (Å²) in [5.74, 6) is -4.26. The number of carbonyl (C=O) groups is 4. The average molecular weight is 323 g/mol. The molecule has 0 unspecified atom stereocenters. The van der Waals surface area contributed by atoms with Crippen LogP contribution in [-0.2, 0) is 35.2 Å². The highest BCUT2D eigenvalue weighted by Crippen LogP contribution is 2.08. The first-order valence-corrected chi connectivity index (χ1v) is 6.70. The van der Waals surface area contributed by atoms with Gasteiger partial charge in [-0.15, -0.1) is 0 Å². The van der Waals surface area contributed by atoms with Crippen molar-refractivity contribution in [3.8, 4) is 0 Å². The van der Waals surface area contributed by atoms with Gasteiger partial charge in [0.05, 0.1) is 0 Å². The highest BCUT2D eigenvalue weighted by atomic mass is 16.6. The van der Waals surface area contributed by atoms with E-state index < -0.39 is 36.0 Å². The number of carboxylic acid groups (broad SMARTS) is 1. The molecule has 1 aromatic rings. The highest BCUT2D eigenvalue weighted by Gasteiger charge is 2.39. The molecule has 0 aliphatic heterocycles. The number of nitrogens with one attached hydrogen (secondary N) is 1. The van der Waals surface area contributed by atoms with E-state index in [1.165, 1.54) is 0 Å². The molecule has 0 spiro atoms. The van der Waals surface area contributed by atoms with E-state index in [4.69, 9.17) is 9.84 Å². The van der Waals surface area contributed by atoms with Crippen LogP contribution in [0.5, 0.6) is 0 Å². The van der Waals surface area contributed by atoms with Crippen LogP contribution in [0, 0.1) is 0 Å². The lowest BCUT2D eigenvalue weighted by Gasteiger charge is -2.22. The van der Waals surface area contributed by atoms with E-state index in [0.717, 1.165) is 19.4 Å². The van der Waals surface area contributed by atoms with Crippen molar-refractivity contribution >= 4 is 23.8 Å². The van der Waals surface area contributed by atoms with Crippen LogP contribution < -0.4 is 5.32 Å². The fourth-order valence-electron chi connectivity index (χ4n) is 1.74. The zero-order valence-electron chi connectivity index (χ0n) is 12.6. The van der Waals surface area contributed by atoms with E-state index in [1.807, 2.05) is 0 Å². The number of carbonyl (C=O) groups excluding carboxylic acids is 3. The fraction of sp³-hybridized carbons (Fsp3) is 0.333. The molecule has 1 aromatic carbocycles. The molecular formula is C15H17NO7. The third-order valence-corrected chi connectivity index (χ3v) is 2.67. The maximum absolute atomic E-state index is 12.1. The standard InChI is InChI=1S/C15H17NO7/c1-9(17)22-12(13(15(20)21)23-10(2)18)14(19)16-8-11-6-4-3-5-7-11/h3-7,12-13H,8H2,1-2H3,(H,16,19)(H,20,21)/t12-,13-/m0/s1. The molecule has 2 atom stereocenters. The molecule has 124 valence electrons. The molecule has 2 N–H and O–H groups in total. The Morgan fingerprint density at radius 3 is 2.00 bits per heavy atom. The normalized spacial score (nSPS) is 12.6. The first-order chi connectivity index (χ1) is 10.8. The number of hydrogen-bond acceptors (Lipinski definition) is 6. The van der Waals surface area contributed by atoms with Gasteiger partial charge in [-0.3, -0.25) is 14.4 Å². The SMILES string of the molecule is CC(=O)O[C@H](C(=O)O)[C@H](OC(C)=O)C(=O)NCc1ccccc1. The van der Waals surface area contributed by atoms with E-state index in [2.05, 4.69) is 10.1 Å². The van der Waals surface area contributed by atoms with Crippen LogP contribution in [0.15, 0.2) is 30.3 Å². The third kappa shape index (κ3) is 6.16. The van der Waals surface area contributed by atoms with Crippen molar-refractivity contribution in [2.24, 2.45) is 0 Å². The number of aliphatic carboxylic acids is 1. The second kappa shape index (κ2) is 8.52. The van der Waals surface area contributed by atoms with Crippen LogP contribution >= 0.6 is 0 Å². The van der Waals surface area contributed by atoms with Crippen LogP contribution in [0.4, 0.5) is 0 Å². The number of ether oxygens (including phenoxy) is 2. The van der Waals surface area contributed by atoms with Gasteiger partial charge in [0.15, 0.2) is 0 Å². The van der Waals surface area contributed by atoms with Gasteiger partial charge in [0.1, 0.15) is 0 Å². The van der Waals surface area contributed by atoms with Crippen molar-refractivity contribution in [1.82, 2.24) is 5.32 Å². The highest BCUT2D eigenvalue weighted by molar-refractivity contribution is 5.90. The average Bonchev–Trinajstić information content (AvgIpc) is 2.48. The van der Waals surface area contributed by atoms with Crippen LogP contribution in [0.1, 0.15) is 19.4 Å². The summed E-state index contributed by atoms with van der Waals surface area (Å²) in [6, 6.07) is 8.84. The fourth-order valence-corrected chi connectivity index (χ4v) is 1.74. The van der Waals surface area contributed by atoms with Gasteiger partial charge in [-0.1, -0.05) is 30.3 Å². The number of rotatable bonds is 7. The zero-order valence-corrected chi connectivity index (χ0v) is 12.6. The summed E-state index contributed by atoms with van der Waals surface area (Å²) in [6.07, 6.45) is -3.70. The largest absolute Gasteiger partial charge is 0.478 e. The molecule has 0 aliphatic carbocycles. The Kier molecular flexibility index (Phi) is 6.72. The number of esters is 2. The van der Waals surface area contributed by atoms with Gasteiger partial charge in [-0.05, 0) is 5.56 Å². The summed E-state index contributed by atoms with van der Waals surface area (Å²) < 4.78 is 9.29. The van der Waals surface area contributed by atoms with Crippen molar-refractivity contribution < 1.29 is 33.8 Å². The molecule has 0 saturated carbocycles. The summed E-state index contributed by atoms with van der Waals surface area (Å²) in [5.41, 5.74) is 0.766. The Hall–Kier alpha value is -2.90. The number of hydrogen-bond donors (Lipinski definition) is 2. The van der Waals surface area contributed by atoms with Gasteiger partial charge in [-0.2, -0.15) is 0 Å². The number of carboxylic acids is 1. The molecule has 1 amide bonds. The molecular weight excluding hydrogens is 306 g/mol. The van der Waals surface area contributed by atoms with Gasteiger partial charge in [0, 0.05) is 20.4 Å². The van der Waals surface area contributed by atoms with E-state index in [1.54, 1.807) is 30.3 Å². The molecule has 1 rings (SSSR count). The molecule has 8 heteroatoms. The van der Waals surface area contributed by atoms with E-state index in [0.29, 0.717) is 0 Å². The maximum Gasteiger partial charge on any atom is 0.349 e. The Morgan fingerprint density at radius 2 is 1.52 bits per heavy atom. The lowest BCUT2D eigenvalue weighted by molar-refractivity contribution is -0.180. The zero-order chi connectivity index (χ0) is 17.4. The molecule has 0 heterocycles. The smallest absolute Gasteiger partial charge is 0.349 e. The van der Waals surface area contributed by atoms with Gasteiger partial charge >= 0.3 is 17.9 Å². The lowest BCUT2D eigenvalue weighted by Crippen LogP contribution is -2.49. The Bertz CT molecular complexity index is 585. The molecule has 0 aromatic heterocycles. The topological polar surface area (TPSA) is 119 Å². The van der Waals surface area contributed by atoms with Crippen LogP contribution in [-0.4, -0.2) is 41.1 Å². The van der Waals surface area contributed by atoms with Crippen molar-refractivity contribution in [2.45, 2.75) is 32.6 Å². The van der Waals surface area contributed by atoms with E-state index >= 15 is 0 Å². The Labute approximate surface area is 132 Å². The summed E-state index contributed by atoms with van der Waals surface area (Å²) in [7, 11) is 0. The molecule has 0 bridgehead atoms. The van der Waals surface area contributed by atoms with Gasteiger partial charge in [0.2, 0.25) is 12.2 Å². The second-order valence-electron chi connectivity index (χ2n) is 4.60. The van der Waals surface area contributed by atoms with Crippen molar-refractivity contribution in [3.05, 3.63) is 35.9 Å². The summed E-state index contributed by atoms with van der Waals surface area (Å²) in [4.78, 5) is 45.4. The Morgan fingerprint density at radius 1 is 1.00 bits per heavy atom. The van der Waals surface area contributed by atoms with Crippen molar-refractivity contribution in [3.63, 3.8) is 0 Å². The predicted molar refractivity (Wildman–Crippen MR) is 77.0 cm³/mol. The van der Waals surface area contributed by atoms with Crippen LogP contribution in [0.2, 0.25) is 0 Å². The minimum atomic E-state index is -1.92. The summed E-state index contributed by atoms with van der Waals surface area (Å²) >= 11 is 0. The molecule has 23 heavy (non-hydrogen) atoms. The molecule has 0 fully saturated rings. The minimum absolute atomic E-state index is 0.101. The summed E-state index contributed by atoms with van der Waals surface area (Å²) in [5, 5.41) is 11.5. The second-order valence-corrected chi connectivity index (χ2v) is 4.60. The van der Waals surface area contributed by atoms with Crippen LogP contribution in [0.3, 0.4) is 0 Å².